The molecule has 17 heavy (non-hydrogen) atoms. The molecule has 0 saturated heterocycles. The number of aliphatic hydroxyl groups is 1. The Morgan fingerprint density at radius 3 is 2.76 bits per heavy atom. The van der Waals surface area contributed by atoms with Crippen molar-refractivity contribution < 1.29 is 9.90 Å². The molecule has 6 heteroatoms. The van der Waals surface area contributed by atoms with Crippen LogP contribution >= 0.6 is 11.5 Å². The smallest absolute Gasteiger partial charge is 0.265 e. The Morgan fingerprint density at radius 2 is 2.24 bits per heavy atom. The quantitative estimate of drug-likeness (QED) is 0.804. The van der Waals surface area contributed by atoms with Crippen LogP contribution in [0.15, 0.2) is 0 Å². The Morgan fingerprint density at radius 1 is 1.53 bits per heavy atom. The molecule has 1 atom stereocenters. The number of nitrogens with zero attached hydrogens (tertiary/aromatic N) is 2. The minimum atomic E-state index is -0.135. The summed E-state index contributed by atoms with van der Waals surface area (Å²) in [7, 11) is 0. The summed E-state index contributed by atoms with van der Waals surface area (Å²) >= 11 is 1.12. The van der Waals surface area contributed by atoms with Crippen molar-refractivity contribution in [3.8, 4) is 0 Å². The van der Waals surface area contributed by atoms with Crippen molar-refractivity contribution in [2.75, 3.05) is 6.61 Å². The molecule has 0 radical (unpaired) electrons. The first-order chi connectivity index (χ1) is 8.10. The Labute approximate surface area is 105 Å². The van der Waals surface area contributed by atoms with Crippen LogP contribution in [0.2, 0.25) is 0 Å². The maximum absolute atomic E-state index is 12.0. The fourth-order valence-corrected chi connectivity index (χ4v) is 2.21. The summed E-state index contributed by atoms with van der Waals surface area (Å²) in [5, 5.41) is 15.8. The number of aliphatic hydroxyl groups excluding tert-OH is 1. The Balaban J connectivity index is 2.70. The van der Waals surface area contributed by atoms with Crippen molar-refractivity contribution in [2.45, 2.75) is 39.7 Å². The number of rotatable bonds is 6. The van der Waals surface area contributed by atoms with Crippen molar-refractivity contribution in [1.82, 2.24) is 14.9 Å². The highest BCUT2D eigenvalue weighted by atomic mass is 32.1. The molecule has 0 aliphatic heterocycles. The average Bonchev–Trinajstić information content (AvgIpc) is 2.76. The predicted molar refractivity (Wildman–Crippen MR) is 67.1 cm³/mol. The first-order valence-corrected chi connectivity index (χ1v) is 6.60. The van der Waals surface area contributed by atoms with Gasteiger partial charge in [-0.05, 0) is 30.3 Å². The summed E-state index contributed by atoms with van der Waals surface area (Å²) in [5.41, 5.74) is 0.735. The summed E-state index contributed by atoms with van der Waals surface area (Å²) < 4.78 is 3.79. The molecule has 1 aromatic rings. The zero-order valence-corrected chi connectivity index (χ0v) is 11.3. The molecule has 0 saturated carbocycles. The molecule has 0 bridgehead atoms. The van der Waals surface area contributed by atoms with Crippen LogP contribution in [-0.2, 0) is 6.42 Å². The van der Waals surface area contributed by atoms with E-state index < -0.39 is 0 Å². The van der Waals surface area contributed by atoms with Crippen LogP contribution < -0.4 is 5.32 Å². The van der Waals surface area contributed by atoms with Gasteiger partial charge in [-0.25, -0.2) is 0 Å². The lowest BCUT2D eigenvalue weighted by Gasteiger charge is -2.21. The second-order valence-corrected chi connectivity index (χ2v) is 4.99. The fourth-order valence-electron chi connectivity index (χ4n) is 1.56. The molecule has 96 valence electrons. The maximum atomic E-state index is 12.0. The molecule has 0 aromatic carbocycles. The van der Waals surface area contributed by atoms with Crippen LogP contribution in [0.4, 0.5) is 0 Å². The Kier molecular flexibility index (Phi) is 5.50. The molecule has 1 rings (SSSR count). The lowest BCUT2D eigenvalue weighted by molar-refractivity contribution is 0.0919. The summed E-state index contributed by atoms with van der Waals surface area (Å²) in [6.45, 7) is 6.06. The Hall–Kier alpha value is -1.01. The van der Waals surface area contributed by atoms with Crippen molar-refractivity contribution in [1.29, 1.82) is 0 Å². The molecule has 5 nitrogen and oxygen atoms in total. The first kappa shape index (κ1) is 14.1. The zero-order chi connectivity index (χ0) is 12.8. The number of carbonyl (C=O) groups is 1. The topological polar surface area (TPSA) is 75.1 Å². The van der Waals surface area contributed by atoms with Crippen molar-refractivity contribution in [2.24, 2.45) is 5.92 Å². The monoisotopic (exact) mass is 257 g/mol. The number of aryl methyl sites for hydroxylation is 1. The molecular weight excluding hydrogens is 238 g/mol. The zero-order valence-electron chi connectivity index (χ0n) is 10.4. The van der Waals surface area contributed by atoms with Gasteiger partial charge in [0.2, 0.25) is 0 Å². The van der Waals surface area contributed by atoms with Crippen molar-refractivity contribution in [3.63, 3.8) is 0 Å². The predicted octanol–water partition coefficient (Wildman–Crippen LogP) is 1.24. The van der Waals surface area contributed by atoms with E-state index in [0.29, 0.717) is 17.7 Å². The number of aromatic nitrogens is 2. The highest BCUT2D eigenvalue weighted by molar-refractivity contribution is 7.08. The summed E-state index contributed by atoms with van der Waals surface area (Å²) in [6.07, 6.45) is 1.27. The summed E-state index contributed by atoms with van der Waals surface area (Å²) in [4.78, 5) is 12.6. The molecule has 1 unspecified atom stereocenters. The minimum absolute atomic E-state index is 0.0145. The van der Waals surface area contributed by atoms with E-state index in [4.69, 9.17) is 5.11 Å². The van der Waals surface area contributed by atoms with Gasteiger partial charge >= 0.3 is 0 Å². The van der Waals surface area contributed by atoms with Crippen LogP contribution in [0.1, 0.15) is 42.6 Å². The van der Waals surface area contributed by atoms with Gasteiger partial charge in [-0.2, -0.15) is 0 Å². The maximum Gasteiger partial charge on any atom is 0.265 e. The van der Waals surface area contributed by atoms with Gasteiger partial charge in [0.1, 0.15) is 4.88 Å². The number of hydrogen-bond acceptors (Lipinski definition) is 5. The average molecular weight is 257 g/mol. The van der Waals surface area contributed by atoms with E-state index in [0.717, 1.165) is 17.2 Å². The lowest BCUT2D eigenvalue weighted by Crippen LogP contribution is -2.39. The molecule has 1 amide bonds. The van der Waals surface area contributed by atoms with E-state index in [-0.39, 0.29) is 24.5 Å². The highest BCUT2D eigenvalue weighted by Gasteiger charge is 2.20. The number of carbonyl (C=O) groups excluding carboxylic acids is 1. The third-order valence-electron chi connectivity index (χ3n) is 2.66. The minimum Gasteiger partial charge on any atom is -0.396 e. The molecule has 0 aliphatic carbocycles. The van der Waals surface area contributed by atoms with E-state index in [9.17, 15) is 4.79 Å². The van der Waals surface area contributed by atoms with E-state index in [2.05, 4.69) is 14.9 Å². The van der Waals surface area contributed by atoms with Gasteiger partial charge in [0.25, 0.3) is 5.91 Å². The third kappa shape index (κ3) is 3.74. The normalized spacial score (nSPS) is 12.8. The third-order valence-corrected chi connectivity index (χ3v) is 3.43. The number of nitrogens with one attached hydrogen (secondary N) is 1. The van der Waals surface area contributed by atoms with Gasteiger partial charge in [-0.1, -0.05) is 25.3 Å². The molecule has 0 fully saturated rings. The van der Waals surface area contributed by atoms with Gasteiger partial charge in [0.05, 0.1) is 5.69 Å². The second-order valence-electron chi connectivity index (χ2n) is 4.24. The molecule has 2 N–H and O–H groups in total. The molecule has 0 aliphatic rings. The highest BCUT2D eigenvalue weighted by Crippen LogP contribution is 2.13. The largest absolute Gasteiger partial charge is 0.396 e. The first-order valence-electron chi connectivity index (χ1n) is 5.83. The van der Waals surface area contributed by atoms with E-state index in [1.54, 1.807) is 0 Å². The van der Waals surface area contributed by atoms with Crippen LogP contribution in [0.5, 0.6) is 0 Å². The number of hydrogen-bond donors (Lipinski definition) is 2. The van der Waals surface area contributed by atoms with Crippen LogP contribution in [-0.4, -0.2) is 33.2 Å². The van der Waals surface area contributed by atoms with Crippen LogP contribution in [0, 0.1) is 5.92 Å². The number of amides is 1. The Bertz CT molecular complexity index is 365. The molecule has 1 heterocycles. The lowest BCUT2D eigenvalue weighted by atomic mass is 10.0. The van der Waals surface area contributed by atoms with Gasteiger partial charge < -0.3 is 10.4 Å². The van der Waals surface area contributed by atoms with Gasteiger partial charge in [-0.3, -0.25) is 4.79 Å². The second kappa shape index (κ2) is 6.66. The van der Waals surface area contributed by atoms with Crippen LogP contribution in [0.25, 0.3) is 0 Å². The van der Waals surface area contributed by atoms with Gasteiger partial charge in [0, 0.05) is 12.6 Å². The van der Waals surface area contributed by atoms with Gasteiger partial charge in [-0.15, -0.1) is 5.10 Å². The molecular formula is C11H19N3O2S. The van der Waals surface area contributed by atoms with Crippen molar-refractivity contribution >= 4 is 17.4 Å². The SMILES string of the molecule is CCc1nnsc1C(=O)NC(CCO)C(C)C. The summed E-state index contributed by atoms with van der Waals surface area (Å²) in [5.74, 6) is 0.154. The fraction of sp³-hybridized carbons (Fsp3) is 0.727. The molecule has 0 spiro atoms. The van der Waals surface area contributed by atoms with Gasteiger partial charge in [0.15, 0.2) is 0 Å². The molecule has 1 aromatic heterocycles. The standard InChI is InChI=1S/C11H19N3O2S/c1-4-8-10(17-14-13-8)11(16)12-9(5-6-15)7(2)3/h7,9,15H,4-6H2,1-3H3,(H,12,16). The van der Waals surface area contributed by atoms with E-state index in [1.165, 1.54) is 0 Å². The summed E-state index contributed by atoms with van der Waals surface area (Å²) in [6, 6.07) is -0.0145. The van der Waals surface area contributed by atoms with Crippen molar-refractivity contribution in [3.05, 3.63) is 10.6 Å². The van der Waals surface area contributed by atoms with E-state index in [1.807, 2.05) is 20.8 Å². The van der Waals surface area contributed by atoms with Crippen LogP contribution in [0.3, 0.4) is 0 Å². The van der Waals surface area contributed by atoms with E-state index >= 15 is 0 Å².